The highest BCUT2D eigenvalue weighted by Crippen LogP contribution is 2.26. The fraction of sp³-hybridized carbons (Fsp3) is 0.556. The van der Waals surface area contributed by atoms with Crippen LogP contribution in [0.4, 0.5) is 0 Å². The van der Waals surface area contributed by atoms with Crippen molar-refractivity contribution in [1.82, 2.24) is 5.32 Å². The van der Waals surface area contributed by atoms with Crippen molar-refractivity contribution in [2.75, 3.05) is 13.2 Å². The smallest absolute Gasteiger partial charge is 0.305 e. The lowest BCUT2D eigenvalue weighted by atomic mass is 9.85. The van der Waals surface area contributed by atoms with Gasteiger partial charge in [-0.2, -0.15) is 0 Å². The first-order chi connectivity index (χ1) is 10.7. The van der Waals surface area contributed by atoms with Crippen LogP contribution in [0.3, 0.4) is 0 Å². The number of carboxylic acid groups (broad SMARTS) is 1. The third kappa shape index (κ3) is 4.55. The number of ether oxygens (including phenoxy) is 1. The molecule has 126 valence electrons. The first-order valence-corrected chi connectivity index (χ1v) is 7.94. The van der Waals surface area contributed by atoms with Crippen LogP contribution < -0.4 is 5.32 Å². The van der Waals surface area contributed by atoms with Crippen LogP contribution in [0.1, 0.15) is 56.0 Å². The van der Waals surface area contributed by atoms with E-state index in [9.17, 15) is 9.59 Å². The summed E-state index contributed by atoms with van der Waals surface area (Å²) in [5.74, 6) is -1.14. The highest BCUT2D eigenvalue weighted by atomic mass is 16.5. The molecule has 1 saturated heterocycles. The molecule has 1 aliphatic heterocycles. The van der Waals surface area contributed by atoms with Crippen LogP contribution >= 0.6 is 0 Å². The van der Waals surface area contributed by atoms with E-state index in [0.29, 0.717) is 31.6 Å². The monoisotopic (exact) mass is 319 g/mol. The molecule has 0 radical (unpaired) electrons. The number of amides is 1. The van der Waals surface area contributed by atoms with Crippen LogP contribution in [0, 0.1) is 0 Å². The Morgan fingerprint density at radius 1 is 1.17 bits per heavy atom. The lowest BCUT2D eigenvalue weighted by Gasteiger charge is -2.36. The van der Waals surface area contributed by atoms with E-state index in [1.165, 1.54) is 0 Å². The first kappa shape index (κ1) is 17.5. The Bertz CT molecular complexity index is 566. The Hall–Kier alpha value is -1.88. The molecule has 23 heavy (non-hydrogen) atoms. The quantitative estimate of drug-likeness (QED) is 0.895. The highest BCUT2D eigenvalue weighted by Gasteiger charge is 2.36. The number of carbonyl (C=O) groups excluding carboxylic acids is 1. The van der Waals surface area contributed by atoms with E-state index in [2.05, 4.69) is 26.1 Å². The van der Waals surface area contributed by atoms with Crippen LogP contribution in [0.15, 0.2) is 24.3 Å². The molecule has 0 unspecified atom stereocenters. The number of hydrogen-bond donors (Lipinski definition) is 2. The summed E-state index contributed by atoms with van der Waals surface area (Å²) in [6.45, 7) is 7.29. The van der Waals surface area contributed by atoms with Crippen molar-refractivity contribution in [2.45, 2.75) is 51.0 Å². The summed E-state index contributed by atoms with van der Waals surface area (Å²) < 4.78 is 5.30. The van der Waals surface area contributed by atoms with Crippen molar-refractivity contribution >= 4 is 11.9 Å². The van der Waals surface area contributed by atoms with Gasteiger partial charge in [-0.05, 0) is 36.0 Å². The summed E-state index contributed by atoms with van der Waals surface area (Å²) in [7, 11) is 0. The maximum Gasteiger partial charge on any atom is 0.305 e. The average molecular weight is 319 g/mol. The number of hydrogen-bond acceptors (Lipinski definition) is 3. The van der Waals surface area contributed by atoms with Crippen LogP contribution in [-0.4, -0.2) is 35.7 Å². The minimum Gasteiger partial charge on any atom is -0.481 e. The molecule has 1 aromatic rings. The molecular weight excluding hydrogens is 294 g/mol. The Morgan fingerprint density at radius 3 is 2.22 bits per heavy atom. The number of nitrogens with one attached hydrogen (secondary N) is 1. The predicted octanol–water partition coefficient (Wildman–Crippen LogP) is 2.74. The van der Waals surface area contributed by atoms with Gasteiger partial charge >= 0.3 is 5.97 Å². The summed E-state index contributed by atoms with van der Waals surface area (Å²) in [6, 6.07) is 7.49. The van der Waals surface area contributed by atoms with Crippen molar-refractivity contribution in [3.05, 3.63) is 35.4 Å². The minimum atomic E-state index is -0.907. The predicted molar refractivity (Wildman–Crippen MR) is 87.6 cm³/mol. The van der Waals surface area contributed by atoms with Crippen molar-refractivity contribution in [3.8, 4) is 0 Å². The molecule has 1 aliphatic rings. The van der Waals surface area contributed by atoms with E-state index in [4.69, 9.17) is 9.84 Å². The van der Waals surface area contributed by atoms with Gasteiger partial charge in [-0.1, -0.05) is 32.9 Å². The van der Waals surface area contributed by atoms with Gasteiger partial charge in [0.1, 0.15) is 0 Å². The fourth-order valence-corrected chi connectivity index (χ4v) is 2.83. The van der Waals surface area contributed by atoms with E-state index in [0.717, 1.165) is 5.56 Å². The second kappa shape index (κ2) is 6.71. The van der Waals surface area contributed by atoms with Crippen LogP contribution in [0.25, 0.3) is 0 Å². The first-order valence-electron chi connectivity index (χ1n) is 7.94. The van der Waals surface area contributed by atoms with Gasteiger partial charge < -0.3 is 15.2 Å². The summed E-state index contributed by atoms with van der Waals surface area (Å²) in [5, 5.41) is 12.1. The Kier molecular flexibility index (Phi) is 5.09. The molecule has 2 N–H and O–H groups in total. The van der Waals surface area contributed by atoms with Gasteiger partial charge in [0.2, 0.25) is 0 Å². The van der Waals surface area contributed by atoms with E-state index in [-0.39, 0.29) is 17.7 Å². The van der Waals surface area contributed by atoms with Gasteiger partial charge in [0.25, 0.3) is 5.91 Å². The number of carbonyl (C=O) groups is 2. The number of carboxylic acids is 1. The Balaban J connectivity index is 2.13. The Morgan fingerprint density at radius 2 is 1.74 bits per heavy atom. The molecule has 0 aromatic heterocycles. The van der Waals surface area contributed by atoms with Crippen molar-refractivity contribution < 1.29 is 19.4 Å². The summed E-state index contributed by atoms with van der Waals surface area (Å²) in [5.41, 5.74) is 1.01. The van der Waals surface area contributed by atoms with Crippen LogP contribution in [-0.2, 0) is 14.9 Å². The lowest BCUT2D eigenvalue weighted by molar-refractivity contribution is -0.139. The lowest BCUT2D eigenvalue weighted by Crippen LogP contribution is -2.53. The van der Waals surface area contributed by atoms with Gasteiger partial charge in [-0.25, -0.2) is 0 Å². The standard InChI is InChI=1S/C18H25NO4/c1-17(2,3)14-6-4-13(5-7-14)16(22)19-18(12-15(20)21)8-10-23-11-9-18/h4-7H,8-12H2,1-3H3,(H,19,22)(H,20,21). The Labute approximate surface area is 137 Å². The number of aliphatic carboxylic acids is 1. The molecule has 5 heteroatoms. The molecule has 1 heterocycles. The zero-order valence-electron chi connectivity index (χ0n) is 14.0. The number of rotatable bonds is 4. The van der Waals surface area contributed by atoms with Gasteiger partial charge in [0, 0.05) is 18.8 Å². The van der Waals surface area contributed by atoms with Gasteiger partial charge in [-0.15, -0.1) is 0 Å². The zero-order valence-corrected chi connectivity index (χ0v) is 14.0. The van der Waals surface area contributed by atoms with Crippen molar-refractivity contribution in [2.24, 2.45) is 0 Å². The molecule has 0 atom stereocenters. The highest BCUT2D eigenvalue weighted by molar-refractivity contribution is 5.95. The van der Waals surface area contributed by atoms with Gasteiger partial charge in [0.15, 0.2) is 0 Å². The molecular formula is C18H25NO4. The second-order valence-electron chi connectivity index (χ2n) is 7.24. The molecule has 0 aliphatic carbocycles. The molecule has 2 rings (SSSR count). The van der Waals surface area contributed by atoms with E-state index >= 15 is 0 Å². The maximum absolute atomic E-state index is 12.5. The summed E-state index contributed by atoms with van der Waals surface area (Å²) in [6.07, 6.45) is 0.957. The molecule has 1 amide bonds. The molecule has 5 nitrogen and oxygen atoms in total. The molecule has 1 fully saturated rings. The SMILES string of the molecule is CC(C)(C)c1ccc(C(=O)NC2(CC(=O)O)CCOCC2)cc1. The second-order valence-corrected chi connectivity index (χ2v) is 7.24. The fourth-order valence-electron chi connectivity index (χ4n) is 2.83. The summed E-state index contributed by atoms with van der Waals surface area (Å²) in [4.78, 5) is 23.7. The molecule has 0 spiro atoms. The average Bonchev–Trinajstić information content (AvgIpc) is 2.46. The third-order valence-electron chi connectivity index (χ3n) is 4.33. The van der Waals surface area contributed by atoms with E-state index in [1.807, 2.05) is 12.1 Å². The molecule has 0 saturated carbocycles. The summed E-state index contributed by atoms with van der Waals surface area (Å²) >= 11 is 0. The molecule has 0 bridgehead atoms. The normalized spacial score (nSPS) is 17.5. The third-order valence-corrected chi connectivity index (χ3v) is 4.33. The van der Waals surface area contributed by atoms with Gasteiger partial charge in [0.05, 0.1) is 12.0 Å². The molecule has 1 aromatic carbocycles. The van der Waals surface area contributed by atoms with E-state index in [1.54, 1.807) is 12.1 Å². The minimum absolute atomic E-state index is 0.0280. The van der Waals surface area contributed by atoms with Crippen molar-refractivity contribution in [3.63, 3.8) is 0 Å². The number of benzene rings is 1. The van der Waals surface area contributed by atoms with Gasteiger partial charge in [-0.3, -0.25) is 9.59 Å². The maximum atomic E-state index is 12.5. The van der Waals surface area contributed by atoms with E-state index < -0.39 is 11.5 Å². The van der Waals surface area contributed by atoms with Crippen molar-refractivity contribution in [1.29, 1.82) is 0 Å². The largest absolute Gasteiger partial charge is 0.481 e. The zero-order chi connectivity index (χ0) is 17.1. The van der Waals surface area contributed by atoms with Crippen LogP contribution in [0.2, 0.25) is 0 Å². The topological polar surface area (TPSA) is 75.6 Å². The van der Waals surface area contributed by atoms with Crippen LogP contribution in [0.5, 0.6) is 0 Å².